The normalized spacial score (nSPS) is 28.2. The Morgan fingerprint density at radius 1 is 1.25 bits per heavy atom. The molecule has 0 aliphatic heterocycles. The van der Waals surface area contributed by atoms with Crippen LogP contribution in [0.4, 0.5) is 5.82 Å². The lowest BCUT2D eigenvalue weighted by Crippen LogP contribution is -2.36. The fourth-order valence-electron chi connectivity index (χ4n) is 5.09. The van der Waals surface area contributed by atoms with E-state index in [2.05, 4.69) is 39.0 Å². The van der Waals surface area contributed by atoms with Gasteiger partial charge in [0.15, 0.2) is 17.0 Å². The van der Waals surface area contributed by atoms with Crippen LogP contribution < -0.4 is 5.32 Å². The minimum Gasteiger partial charge on any atom is -0.389 e. The third-order valence-electron chi connectivity index (χ3n) is 6.99. The minimum absolute atomic E-state index is 0.0906. The molecular formula is C24H25N5O3. The highest BCUT2D eigenvalue weighted by Gasteiger charge is 2.74. The maximum Gasteiger partial charge on any atom is 0.209 e. The van der Waals surface area contributed by atoms with Crippen LogP contribution >= 0.6 is 0 Å². The Bertz CT molecular complexity index is 1270. The van der Waals surface area contributed by atoms with Gasteiger partial charge in [-0.3, -0.25) is 4.79 Å². The zero-order chi connectivity index (χ0) is 22.6. The molecule has 32 heavy (non-hydrogen) atoms. The molecule has 2 aliphatic rings. The summed E-state index contributed by atoms with van der Waals surface area (Å²) < 4.78 is 1.76. The maximum absolute atomic E-state index is 12.2. The molecule has 0 radical (unpaired) electrons. The van der Waals surface area contributed by atoms with Gasteiger partial charge in [-0.15, -0.1) is 0 Å². The molecule has 8 heteroatoms. The number of benzene rings is 1. The molecular weight excluding hydrogens is 406 g/mol. The summed E-state index contributed by atoms with van der Waals surface area (Å²) in [5.41, 5.74) is 2.30. The average Bonchev–Trinajstić information content (AvgIpc) is 3.35. The Morgan fingerprint density at radius 2 is 2.00 bits per heavy atom. The van der Waals surface area contributed by atoms with Gasteiger partial charge in [0.05, 0.1) is 23.9 Å². The van der Waals surface area contributed by atoms with E-state index >= 15 is 0 Å². The molecule has 2 saturated carbocycles. The van der Waals surface area contributed by atoms with Crippen molar-refractivity contribution in [3.8, 4) is 11.8 Å². The molecule has 0 spiro atoms. The molecule has 2 unspecified atom stereocenters. The van der Waals surface area contributed by atoms with E-state index in [0.717, 1.165) is 12.0 Å². The molecule has 3 aromatic rings. The molecule has 2 aliphatic carbocycles. The molecule has 2 heterocycles. The number of rotatable bonds is 4. The second kappa shape index (κ2) is 7.40. The lowest BCUT2D eigenvalue weighted by molar-refractivity contribution is -0.128. The number of anilines is 1. The van der Waals surface area contributed by atoms with Crippen LogP contribution in [0.3, 0.4) is 0 Å². The molecule has 0 saturated heterocycles. The summed E-state index contributed by atoms with van der Waals surface area (Å²) in [4.78, 5) is 25.7. The summed E-state index contributed by atoms with van der Waals surface area (Å²) in [7, 11) is 1.75. The van der Waals surface area contributed by atoms with Gasteiger partial charge in [-0.2, -0.15) is 0 Å². The molecule has 1 aromatic carbocycles. The van der Waals surface area contributed by atoms with E-state index in [-0.39, 0.29) is 11.7 Å². The van der Waals surface area contributed by atoms with Crippen LogP contribution in [0.25, 0.3) is 11.2 Å². The number of aryl methyl sites for hydroxylation is 1. The number of Topliss-reactive ketones (excluding diaryl/α,β-unsaturated/α-hetero) is 1. The highest BCUT2D eigenvalue weighted by Crippen LogP contribution is 2.68. The fourth-order valence-corrected chi connectivity index (χ4v) is 5.09. The highest BCUT2D eigenvalue weighted by atomic mass is 16.3. The number of aliphatic hydroxyl groups excluding tert-OH is 2. The van der Waals surface area contributed by atoms with Gasteiger partial charge in [-0.1, -0.05) is 25.0 Å². The van der Waals surface area contributed by atoms with Crippen LogP contribution in [0, 0.1) is 23.2 Å². The second-order valence-corrected chi connectivity index (χ2v) is 8.60. The molecule has 0 bridgehead atoms. The number of aromatic nitrogens is 4. The van der Waals surface area contributed by atoms with Crippen LogP contribution in [0.5, 0.6) is 0 Å². The van der Waals surface area contributed by atoms with Crippen molar-refractivity contribution < 1.29 is 15.0 Å². The summed E-state index contributed by atoms with van der Waals surface area (Å²) in [5, 5.41) is 24.4. The Labute approximate surface area is 185 Å². The van der Waals surface area contributed by atoms with E-state index in [1.54, 1.807) is 17.9 Å². The van der Waals surface area contributed by atoms with Gasteiger partial charge < -0.3 is 20.1 Å². The molecule has 2 aromatic heterocycles. The number of hydrogen-bond acceptors (Lipinski definition) is 7. The van der Waals surface area contributed by atoms with E-state index in [1.807, 2.05) is 24.3 Å². The first-order valence-electron chi connectivity index (χ1n) is 10.8. The second-order valence-electron chi connectivity index (χ2n) is 8.60. The smallest absolute Gasteiger partial charge is 0.209 e. The van der Waals surface area contributed by atoms with Gasteiger partial charge in [0, 0.05) is 12.6 Å². The van der Waals surface area contributed by atoms with Crippen LogP contribution in [0.2, 0.25) is 0 Å². The third-order valence-corrected chi connectivity index (χ3v) is 6.99. The topological polar surface area (TPSA) is 113 Å². The van der Waals surface area contributed by atoms with Gasteiger partial charge in [-0.05, 0) is 49.3 Å². The van der Waals surface area contributed by atoms with Crippen molar-refractivity contribution in [2.75, 3.05) is 12.4 Å². The zero-order valence-corrected chi connectivity index (χ0v) is 18.2. The van der Waals surface area contributed by atoms with E-state index in [9.17, 15) is 15.0 Å². The van der Waals surface area contributed by atoms with Crippen molar-refractivity contribution in [2.24, 2.45) is 11.3 Å². The zero-order valence-electron chi connectivity index (χ0n) is 18.2. The van der Waals surface area contributed by atoms with E-state index < -0.39 is 23.7 Å². The monoisotopic (exact) mass is 431 g/mol. The Hall–Kier alpha value is -3.28. The van der Waals surface area contributed by atoms with Gasteiger partial charge in [0.25, 0.3) is 0 Å². The molecule has 5 atom stereocenters. The molecule has 2 fully saturated rings. The van der Waals surface area contributed by atoms with Crippen LogP contribution in [0.1, 0.15) is 43.3 Å². The summed E-state index contributed by atoms with van der Waals surface area (Å²) in [5.74, 6) is 6.73. The first-order valence-corrected chi connectivity index (χ1v) is 10.8. The predicted molar refractivity (Wildman–Crippen MR) is 119 cm³/mol. The largest absolute Gasteiger partial charge is 0.389 e. The summed E-state index contributed by atoms with van der Waals surface area (Å²) >= 11 is 0. The van der Waals surface area contributed by atoms with Crippen molar-refractivity contribution in [3.63, 3.8) is 0 Å². The predicted octanol–water partition coefficient (Wildman–Crippen LogP) is 1.70. The number of carbonyl (C=O) groups excluding carboxylic acids is 1. The number of ketones is 1. The lowest BCUT2D eigenvalue weighted by atomic mass is 9.95. The molecule has 8 nitrogen and oxygen atoms in total. The van der Waals surface area contributed by atoms with Crippen molar-refractivity contribution in [1.29, 1.82) is 0 Å². The van der Waals surface area contributed by atoms with Gasteiger partial charge in [0.1, 0.15) is 11.9 Å². The number of hydrogen-bond donors (Lipinski definition) is 3. The van der Waals surface area contributed by atoms with Crippen LogP contribution in [-0.2, 0) is 11.2 Å². The van der Waals surface area contributed by atoms with E-state index in [0.29, 0.717) is 29.2 Å². The highest BCUT2D eigenvalue weighted by molar-refractivity contribution is 5.88. The molecule has 164 valence electrons. The van der Waals surface area contributed by atoms with Crippen molar-refractivity contribution >= 4 is 22.8 Å². The third kappa shape index (κ3) is 2.93. The van der Waals surface area contributed by atoms with Crippen molar-refractivity contribution in [1.82, 2.24) is 19.5 Å². The first kappa shape index (κ1) is 20.6. The van der Waals surface area contributed by atoms with E-state index in [4.69, 9.17) is 0 Å². The Kier molecular flexibility index (Phi) is 4.77. The quantitative estimate of drug-likeness (QED) is 0.539. The van der Waals surface area contributed by atoms with Gasteiger partial charge in [0.2, 0.25) is 5.82 Å². The number of carbonyl (C=O) groups is 1. The standard InChI is InChI=1S/C24H25N5O3/c1-4-14-5-7-15(8-6-14)9-10-17-27-22(25-3)18-23(28-17)29(12-26-18)19-16-11-24(16,13(2)30)21(32)20(19)31/h5-8,12,16,19-21,31-32H,4,11H2,1-3H3,(H,25,27,28)/t16?,19-,20+,21?,24+/m1/s1. The van der Waals surface area contributed by atoms with Crippen molar-refractivity contribution in [3.05, 3.63) is 47.5 Å². The summed E-state index contributed by atoms with van der Waals surface area (Å²) in [6.07, 6.45) is 0.945. The number of nitrogens with one attached hydrogen (secondary N) is 1. The Balaban J connectivity index is 1.55. The minimum atomic E-state index is -1.09. The van der Waals surface area contributed by atoms with E-state index in [1.165, 1.54) is 12.5 Å². The molecule has 3 N–H and O–H groups in total. The first-order chi connectivity index (χ1) is 15.4. The van der Waals surface area contributed by atoms with Crippen LogP contribution in [0.15, 0.2) is 30.6 Å². The number of aliphatic hydroxyl groups is 2. The maximum atomic E-state index is 12.2. The molecule has 5 rings (SSSR count). The van der Waals surface area contributed by atoms with Crippen molar-refractivity contribution in [2.45, 2.75) is 44.9 Å². The van der Waals surface area contributed by atoms with Gasteiger partial charge in [-0.25, -0.2) is 15.0 Å². The Morgan fingerprint density at radius 3 is 2.62 bits per heavy atom. The summed E-state index contributed by atoms with van der Waals surface area (Å²) in [6.45, 7) is 3.58. The van der Waals surface area contributed by atoms with Gasteiger partial charge >= 0.3 is 0 Å². The number of nitrogens with zero attached hydrogens (tertiary/aromatic N) is 4. The lowest BCUT2D eigenvalue weighted by Gasteiger charge is -2.23. The SMILES string of the molecule is CCc1ccc(C#Cc2nc(NC)c3ncn([C@@H]4C5C[C@@]5(C(C)=O)C(O)[C@H]4O)c3n2)cc1. The molecule has 0 amide bonds. The fraction of sp³-hybridized carbons (Fsp3) is 0.417. The average molecular weight is 431 g/mol. The number of fused-ring (bicyclic) bond motifs is 2. The number of imidazole rings is 1. The summed E-state index contributed by atoms with van der Waals surface area (Å²) in [6, 6.07) is 7.55. The van der Waals surface area contributed by atoms with Crippen LogP contribution in [-0.4, -0.2) is 54.8 Å².